The van der Waals surface area contributed by atoms with E-state index in [1.807, 2.05) is 38.4 Å². The molecule has 0 radical (unpaired) electrons. The van der Waals surface area contributed by atoms with Gasteiger partial charge in [0.25, 0.3) is 0 Å². The van der Waals surface area contributed by atoms with Crippen molar-refractivity contribution in [2.24, 2.45) is 0 Å². The monoisotopic (exact) mass is 399 g/mol. The second-order valence-electron chi connectivity index (χ2n) is 6.50. The predicted octanol–water partition coefficient (Wildman–Crippen LogP) is 2.12. The molecule has 1 aliphatic heterocycles. The fourth-order valence-corrected chi connectivity index (χ4v) is 3.11. The molecule has 2 heterocycles. The van der Waals surface area contributed by atoms with Gasteiger partial charge in [-0.1, -0.05) is 12.1 Å². The lowest BCUT2D eigenvalue weighted by Crippen LogP contribution is -2.45. The highest BCUT2D eigenvalue weighted by Crippen LogP contribution is 2.12. The van der Waals surface area contributed by atoms with Crippen LogP contribution in [0, 0.1) is 0 Å². The molecule has 0 saturated carbocycles. The normalized spacial score (nSPS) is 14.6. The number of likely N-dealkylation sites (N-methyl/N-ethyl adjacent to an activating group) is 2. The summed E-state index contributed by atoms with van der Waals surface area (Å²) in [5.74, 6) is 0.117. The number of amides is 1. The molecule has 8 heteroatoms. The Balaban J connectivity index is 0.00000169. The van der Waals surface area contributed by atoms with Gasteiger partial charge in [0.2, 0.25) is 5.91 Å². The van der Waals surface area contributed by atoms with E-state index in [2.05, 4.69) is 20.2 Å². The van der Waals surface area contributed by atoms with Gasteiger partial charge in [-0.25, -0.2) is 4.98 Å². The molecule has 0 spiro atoms. The van der Waals surface area contributed by atoms with E-state index in [1.54, 1.807) is 11.1 Å². The fourth-order valence-electron chi connectivity index (χ4n) is 3.11. The maximum Gasteiger partial charge on any atom is 0.236 e. The van der Waals surface area contributed by atoms with E-state index < -0.39 is 0 Å². The number of hydrogen-bond acceptors (Lipinski definition) is 5. The zero-order valence-electron chi connectivity index (χ0n) is 15.2. The quantitative estimate of drug-likeness (QED) is 0.833. The van der Waals surface area contributed by atoms with Crippen LogP contribution in [0.3, 0.4) is 0 Å². The number of nitrogens with one attached hydrogen (secondary N) is 1. The predicted molar refractivity (Wildman–Crippen MR) is 109 cm³/mol. The first-order valence-corrected chi connectivity index (χ1v) is 8.49. The lowest BCUT2D eigenvalue weighted by atomic mass is 10.1. The number of fused-ring (bicyclic) bond motifs is 1. The number of carbonyl (C=O) groups excluding carboxylic acids is 1. The second-order valence-corrected chi connectivity index (χ2v) is 6.50. The van der Waals surface area contributed by atoms with Gasteiger partial charge in [-0.15, -0.1) is 24.8 Å². The van der Waals surface area contributed by atoms with Gasteiger partial charge >= 0.3 is 0 Å². The second kappa shape index (κ2) is 10.6. The SMILES string of the molecule is CN(Cc1cnc2ccccc2n1)C(=O)CN(C)C1CCNCC1.Cl.Cl. The van der Waals surface area contributed by atoms with Gasteiger partial charge < -0.3 is 10.2 Å². The van der Waals surface area contributed by atoms with Crippen LogP contribution in [0.5, 0.6) is 0 Å². The molecule has 0 bridgehead atoms. The van der Waals surface area contributed by atoms with Gasteiger partial charge in [-0.3, -0.25) is 14.7 Å². The first-order valence-electron chi connectivity index (χ1n) is 8.49. The molecule has 0 unspecified atom stereocenters. The molecule has 0 atom stereocenters. The third-order valence-corrected chi connectivity index (χ3v) is 4.64. The minimum absolute atomic E-state index is 0. The third-order valence-electron chi connectivity index (χ3n) is 4.64. The highest BCUT2D eigenvalue weighted by Gasteiger charge is 2.21. The number of para-hydroxylation sites is 2. The number of hydrogen-bond donors (Lipinski definition) is 1. The van der Waals surface area contributed by atoms with Gasteiger partial charge in [0, 0.05) is 13.1 Å². The minimum Gasteiger partial charge on any atom is -0.339 e. The number of halogens is 2. The first kappa shape index (κ1) is 22.6. The Hall–Kier alpha value is -1.47. The van der Waals surface area contributed by atoms with Crippen LogP contribution in [0.1, 0.15) is 18.5 Å². The molecule has 144 valence electrons. The highest BCUT2D eigenvalue weighted by molar-refractivity contribution is 5.85. The van der Waals surface area contributed by atoms with Gasteiger partial charge in [0.1, 0.15) is 0 Å². The van der Waals surface area contributed by atoms with Crippen LogP contribution < -0.4 is 5.32 Å². The summed E-state index contributed by atoms with van der Waals surface area (Å²) in [5, 5.41) is 3.36. The average Bonchev–Trinajstić information content (AvgIpc) is 2.62. The van der Waals surface area contributed by atoms with Gasteiger partial charge in [-0.2, -0.15) is 0 Å². The fraction of sp³-hybridized carbons (Fsp3) is 0.500. The van der Waals surface area contributed by atoms with Crippen molar-refractivity contribution >= 4 is 41.8 Å². The Morgan fingerprint density at radius 2 is 1.81 bits per heavy atom. The zero-order valence-corrected chi connectivity index (χ0v) is 16.9. The average molecular weight is 400 g/mol. The molecule has 1 aromatic heterocycles. The van der Waals surface area contributed by atoms with Crippen molar-refractivity contribution in [3.05, 3.63) is 36.2 Å². The smallest absolute Gasteiger partial charge is 0.236 e. The summed E-state index contributed by atoms with van der Waals surface area (Å²) >= 11 is 0. The Morgan fingerprint density at radius 3 is 2.50 bits per heavy atom. The summed E-state index contributed by atoms with van der Waals surface area (Å²) in [6.45, 7) is 3.00. The lowest BCUT2D eigenvalue weighted by molar-refractivity contribution is -0.132. The summed E-state index contributed by atoms with van der Waals surface area (Å²) in [5.41, 5.74) is 2.55. The van der Waals surface area contributed by atoms with Crippen molar-refractivity contribution in [3.63, 3.8) is 0 Å². The Labute approximate surface area is 167 Å². The van der Waals surface area contributed by atoms with E-state index in [4.69, 9.17) is 0 Å². The molecule has 1 aromatic carbocycles. The van der Waals surface area contributed by atoms with Gasteiger partial charge in [0.15, 0.2) is 0 Å². The summed E-state index contributed by atoms with van der Waals surface area (Å²) in [7, 11) is 3.87. The number of piperidine rings is 1. The van der Waals surface area contributed by atoms with Crippen molar-refractivity contribution < 1.29 is 4.79 Å². The molecule has 1 amide bonds. The first-order chi connectivity index (χ1) is 11.6. The standard InChI is InChI=1S/C18H25N5O.2ClH/c1-22(15-7-9-19-10-8-15)13-18(24)23(2)12-14-11-20-16-5-3-4-6-17(16)21-14;;/h3-6,11,15,19H,7-10,12-13H2,1-2H3;2*1H. The molecule has 3 rings (SSSR count). The van der Waals surface area contributed by atoms with E-state index in [0.29, 0.717) is 19.1 Å². The molecule has 1 N–H and O–H groups in total. The summed E-state index contributed by atoms with van der Waals surface area (Å²) in [4.78, 5) is 25.4. The van der Waals surface area contributed by atoms with Crippen molar-refractivity contribution in [2.75, 3.05) is 33.7 Å². The largest absolute Gasteiger partial charge is 0.339 e. The molecule has 1 saturated heterocycles. The molecule has 2 aromatic rings. The Bertz CT molecular complexity index is 709. The molecular formula is C18H27Cl2N5O. The molecule has 1 aliphatic rings. The molecule has 1 fully saturated rings. The molecular weight excluding hydrogens is 373 g/mol. The number of carbonyl (C=O) groups is 1. The van der Waals surface area contributed by atoms with Crippen LogP contribution in [-0.2, 0) is 11.3 Å². The topological polar surface area (TPSA) is 61.4 Å². The van der Waals surface area contributed by atoms with Crippen LogP contribution in [0.2, 0.25) is 0 Å². The van der Waals surface area contributed by atoms with Crippen LogP contribution in [0.15, 0.2) is 30.5 Å². The zero-order chi connectivity index (χ0) is 16.9. The van der Waals surface area contributed by atoms with Crippen LogP contribution in [-0.4, -0.2) is 65.4 Å². The van der Waals surface area contributed by atoms with Crippen LogP contribution in [0.4, 0.5) is 0 Å². The van der Waals surface area contributed by atoms with E-state index >= 15 is 0 Å². The van der Waals surface area contributed by atoms with Crippen LogP contribution >= 0.6 is 24.8 Å². The van der Waals surface area contributed by atoms with Gasteiger partial charge in [0.05, 0.1) is 36.0 Å². The van der Waals surface area contributed by atoms with Crippen LogP contribution in [0.25, 0.3) is 11.0 Å². The lowest BCUT2D eigenvalue weighted by Gasteiger charge is -2.32. The van der Waals surface area contributed by atoms with E-state index in [-0.39, 0.29) is 30.7 Å². The van der Waals surface area contributed by atoms with E-state index in [9.17, 15) is 4.79 Å². The molecule has 26 heavy (non-hydrogen) atoms. The third kappa shape index (κ3) is 5.77. The maximum atomic E-state index is 12.5. The molecule has 0 aliphatic carbocycles. The van der Waals surface area contributed by atoms with E-state index in [1.165, 1.54) is 0 Å². The van der Waals surface area contributed by atoms with E-state index in [0.717, 1.165) is 42.7 Å². The number of rotatable bonds is 5. The number of nitrogens with zero attached hydrogens (tertiary/aromatic N) is 4. The highest BCUT2D eigenvalue weighted by atomic mass is 35.5. The summed E-state index contributed by atoms with van der Waals surface area (Å²) < 4.78 is 0. The molecule has 6 nitrogen and oxygen atoms in total. The minimum atomic E-state index is 0. The Morgan fingerprint density at radius 1 is 1.15 bits per heavy atom. The Kier molecular flexibility index (Phi) is 9.22. The van der Waals surface area contributed by atoms with Gasteiger partial charge in [-0.05, 0) is 45.1 Å². The number of benzene rings is 1. The van der Waals surface area contributed by atoms with Crippen molar-refractivity contribution in [1.82, 2.24) is 25.1 Å². The van der Waals surface area contributed by atoms with Crippen molar-refractivity contribution in [3.8, 4) is 0 Å². The summed E-state index contributed by atoms with van der Waals surface area (Å²) in [6.07, 6.45) is 3.95. The van der Waals surface area contributed by atoms with Crippen molar-refractivity contribution in [2.45, 2.75) is 25.4 Å². The summed E-state index contributed by atoms with van der Waals surface area (Å²) in [6, 6.07) is 8.27. The van der Waals surface area contributed by atoms with Crippen molar-refractivity contribution in [1.29, 1.82) is 0 Å². The number of aromatic nitrogens is 2. The maximum absolute atomic E-state index is 12.5.